The summed E-state index contributed by atoms with van der Waals surface area (Å²) in [7, 11) is 0. The quantitative estimate of drug-likeness (QED) is 0.634. The summed E-state index contributed by atoms with van der Waals surface area (Å²) in [4.78, 5) is 23.5. The van der Waals surface area contributed by atoms with E-state index in [-0.39, 0.29) is 17.6 Å². The van der Waals surface area contributed by atoms with Gasteiger partial charge in [-0.1, -0.05) is 30.3 Å². The van der Waals surface area contributed by atoms with Crippen LogP contribution in [0.4, 0.5) is 17.1 Å². The topological polar surface area (TPSA) is 110 Å². The first kappa shape index (κ1) is 18.9. The van der Waals surface area contributed by atoms with Gasteiger partial charge in [0.25, 0.3) is 5.91 Å². The van der Waals surface area contributed by atoms with E-state index in [1.165, 1.54) is 0 Å². The predicted octanol–water partition coefficient (Wildman–Crippen LogP) is 2.91. The van der Waals surface area contributed by atoms with E-state index in [1.807, 2.05) is 36.4 Å². The second kappa shape index (κ2) is 8.28. The Balaban J connectivity index is 1.56. The van der Waals surface area contributed by atoms with Gasteiger partial charge in [-0.15, -0.1) is 0 Å². The molecule has 1 atom stereocenters. The Labute approximate surface area is 169 Å². The van der Waals surface area contributed by atoms with Crippen LogP contribution in [0.15, 0.2) is 61.1 Å². The van der Waals surface area contributed by atoms with E-state index in [4.69, 9.17) is 11.5 Å². The van der Waals surface area contributed by atoms with Gasteiger partial charge in [0.2, 0.25) is 0 Å². The van der Waals surface area contributed by atoms with Crippen LogP contribution in [0.5, 0.6) is 0 Å². The number of carbonyl (C=O) groups is 1. The van der Waals surface area contributed by atoms with Gasteiger partial charge in [0.05, 0.1) is 23.3 Å². The van der Waals surface area contributed by atoms with E-state index in [2.05, 4.69) is 20.2 Å². The summed E-state index contributed by atoms with van der Waals surface area (Å²) in [5.41, 5.74) is 16.2. The van der Waals surface area contributed by atoms with Gasteiger partial charge in [-0.25, -0.2) is 4.98 Å². The third kappa shape index (κ3) is 4.20. The number of nitrogens with zero attached hydrogens (tertiary/aromatic N) is 3. The fourth-order valence-corrected chi connectivity index (χ4v) is 3.63. The average Bonchev–Trinajstić information content (AvgIpc) is 2.74. The molecule has 2 aromatic heterocycles. The van der Waals surface area contributed by atoms with Gasteiger partial charge in [-0.05, 0) is 30.5 Å². The van der Waals surface area contributed by atoms with Gasteiger partial charge in [-0.3, -0.25) is 9.78 Å². The van der Waals surface area contributed by atoms with Crippen molar-refractivity contribution < 1.29 is 4.79 Å². The summed E-state index contributed by atoms with van der Waals surface area (Å²) in [5, 5.41) is 2.91. The molecule has 1 saturated heterocycles. The molecule has 1 aromatic carbocycles. The van der Waals surface area contributed by atoms with Crippen LogP contribution >= 0.6 is 0 Å². The highest BCUT2D eigenvalue weighted by Crippen LogP contribution is 2.28. The Morgan fingerprint density at radius 2 is 1.97 bits per heavy atom. The molecule has 0 saturated carbocycles. The molecular formula is C22H24N6O. The smallest absolute Gasteiger partial charge is 0.276 e. The SMILES string of the molecule is Nc1cc(-c2ccccc2)cnc1C(=O)Nc1cnccc1N1CCC[C@H](N)C1. The number of nitrogen functional groups attached to an aromatic ring is 1. The van der Waals surface area contributed by atoms with E-state index in [0.717, 1.165) is 42.7 Å². The number of aromatic nitrogens is 2. The zero-order chi connectivity index (χ0) is 20.2. The molecule has 0 spiro atoms. The fourth-order valence-electron chi connectivity index (χ4n) is 3.63. The van der Waals surface area contributed by atoms with Crippen molar-refractivity contribution in [2.75, 3.05) is 29.0 Å². The van der Waals surface area contributed by atoms with E-state index in [1.54, 1.807) is 24.7 Å². The van der Waals surface area contributed by atoms with Crippen molar-refractivity contribution in [2.24, 2.45) is 5.73 Å². The maximum atomic E-state index is 12.9. The number of anilines is 3. The summed E-state index contributed by atoms with van der Waals surface area (Å²) in [6.45, 7) is 1.64. The maximum absolute atomic E-state index is 12.9. The molecule has 1 fully saturated rings. The zero-order valence-electron chi connectivity index (χ0n) is 16.1. The second-order valence-electron chi connectivity index (χ2n) is 7.22. The van der Waals surface area contributed by atoms with Crippen molar-refractivity contribution >= 4 is 23.0 Å². The van der Waals surface area contributed by atoms with E-state index in [9.17, 15) is 4.79 Å². The van der Waals surface area contributed by atoms with Crippen LogP contribution in [0, 0.1) is 0 Å². The summed E-state index contributed by atoms with van der Waals surface area (Å²) in [6, 6.07) is 13.6. The average molecular weight is 388 g/mol. The van der Waals surface area contributed by atoms with E-state index >= 15 is 0 Å². The molecule has 5 N–H and O–H groups in total. The Hall–Kier alpha value is -3.45. The summed E-state index contributed by atoms with van der Waals surface area (Å²) in [6.07, 6.45) is 7.05. The number of piperidine rings is 1. The van der Waals surface area contributed by atoms with Crippen LogP contribution in [-0.4, -0.2) is 35.0 Å². The molecule has 1 amide bonds. The van der Waals surface area contributed by atoms with Gasteiger partial charge in [0.1, 0.15) is 0 Å². The number of hydrogen-bond donors (Lipinski definition) is 3. The minimum absolute atomic E-state index is 0.128. The van der Waals surface area contributed by atoms with Crippen molar-refractivity contribution in [3.63, 3.8) is 0 Å². The number of rotatable bonds is 4. The molecule has 148 valence electrons. The standard InChI is InChI=1S/C22H24N6O/c23-17-7-4-10-28(14-17)20-8-9-25-13-19(20)27-22(29)21-18(24)11-16(12-26-21)15-5-2-1-3-6-15/h1-3,5-6,8-9,11-13,17H,4,7,10,14,23-24H2,(H,27,29)/t17-/m0/s1. The Kier molecular flexibility index (Phi) is 5.39. The van der Waals surface area contributed by atoms with Crippen LogP contribution in [0.25, 0.3) is 11.1 Å². The first-order valence-corrected chi connectivity index (χ1v) is 9.68. The molecule has 0 bridgehead atoms. The Bertz CT molecular complexity index is 1010. The predicted molar refractivity (Wildman–Crippen MR) is 116 cm³/mol. The molecular weight excluding hydrogens is 364 g/mol. The van der Waals surface area contributed by atoms with Crippen molar-refractivity contribution in [3.05, 3.63) is 66.7 Å². The lowest BCUT2D eigenvalue weighted by Gasteiger charge is -2.33. The normalized spacial score (nSPS) is 16.4. The molecule has 3 heterocycles. The highest BCUT2D eigenvalue weighted by Gasteiger charge is 2.21. The molecule has 7 nitrogen and oxygen atoms in total. The number of nitrogens with two attached hydrogens (primary N) is 2. The number of hydrogen-bond acceptors (Lipinski definition) is 6. The number of benzene rings is 1. The molecule has 7 heteroatoms. The Morgan fingerprint density at radius 1 is 1.14 bits per heavy atom. The van der Waals surface area contributed by atoms with Gasteiger partial charge >= 0.3 is 0 Å². The van der Waals surface area contributed by atoms with Crippen molar-refractivity contribution in [1.29, 1.82) is 0 Å². The molecule has 0 radical (unpaired) electrons. The minimum atomic E-state index is -0.363. The first-order valence-electron chi connectivity index (χ1n) is 9.68. The van der Waals surface area contributed by atoms with Gasteiger partial charge in [-0.2, -0.15) is 0 Å². The first-order chi connectivity index (χ1) is 14.1. The summed E-state index contributed by atoms with van der Waals surface area (Å²) in [5.74, 6) is -0.363. The molecule has 1 aliphatic heterocycles. The fraction of sp³-hybridized carbons (Fsp3) is 0.227. The lowest BCUT2D eigenvalue weighted by Crippen LogP contribution is -2.43. The highest BCUT2D eigenvalue weighted by molar-refractivity contribution is 6.07. The van der Waals surface area contributed by atoms with Crippen LogP contribution in [-0.2, 0) is 0 Å². The highest BCUT2D eigenvalue weighted by atomic mass is 16.1. The third-order valence-corrected chi connectivity index (χ3v) is 5.08. The molecule has 0 aliphatic carbocycles. The van der Waals surface area contributed by atoms with Crippen LogP contribution < -0.4 is 21.7 Å². The van der Waals surface area contributed by atoms with Crippen LogP contribution in [0.2, 0.25) is 0 Å². The van der Waals surface area contributed by atoms with E-state index < -0.39 is 0 Å². The van der Waals surface area contributed by atoms with E-state index in [0.29, 0.717) is 11.4 Å². The number of amides is 1. The minimum Gasteiger partial charge on any atom is -0.397 e. The third-order valence-electron chi connectivity index (χ3n) is 5.08. The van der Waals surface area contributed by atoms with Crippen molar-refractivity contribution in [2.45, 2.75) is 18.9 Å². The molecule has 1 aliphatic rings. The van der Waals surface area contributed by atoms with Crippen molar-refractivity contribution in [3.8, 4) is 11.1 Å². The maximum Gasteiger partial charge on any atom is 0.276 e. The van der Waals surface area contributed by atoms with Gasteiger partial charge in [0.15, 0.2) is 5.69 Å². The summed E-state index contributed by atoms with van der Waals surface area (Å²) < 4.78 is 0. The second-order valence-corrected chi connectivity index (χ2v) is 7.22. The number of nitrogens with one attached hydrogen (secondary N) is 1. The van der Waals surface area contributed by atoms with Crippen LogP contribution in [0.3, 0.4) is 0 Å². The van der Waals surface area contributed by atoms with Gasteiger partial charge in [0, 0.05) is 37.1 Å². The van der Waals surface area contributed by atoms with Crippen molar-refractivity contribution in [1.82, 2.24) is 9.97 Å². The monoisotopic (exact) mass is 388 g/mol. The Morgan fingerprint density at radius 3 is 2.72 bits per heavy atom. The zero-order valence-corrected chi connectivity index (χ0v) is 16.1. The number of pyridine rings is 2. The number of carbonyl (C=O) groups excluding carboxylic acids is 1. The molecule has 29 heavy (non-hydrogen) atoms. The molecule has 0 unspecified atom stereocenters. The largest absolute Gasteiger partial charge is 0.397 e. The summed E-state index contributed by atoms with van der Waals surface area (Å²) >= 11 is 0. The van der Waals surface area contributed by atoms with Gasteiger partial charge < -0.3 is 21.7 Å². The van der Waals surface area contributed by atoms with Crippen LogP contribution in [0.1, 0.15) is 23.3 Å². The lowest BCUT2D eigenvalue weighted by molar-refractivity contribution is 0.102. The molecule has 4 rings (SSSR count). The lowest BCUT2D eigenvalue weighted by atomic mass is 10.1. The molecule has 3 aromatic rings.